The van der Waals surface area contributed by atoms with Crippen LogP contribution in [0.15, 0.2) is 30.3 Å². The van der Waals surface area contributed by atoms with Gasteiger partial charge >= 0.3 is 0 Å². The molecule has 0 spiro atoms. The SMILES string of the molecule is O=C(NC[C@@H](C(=O)Nc1ccc(N2CCOCC2=O)c(C(F)F)c1)N(CC1CC1)C1CC1)c1ccc(Cl)s1. The highest BCUT2D eigenvalue weighted by molar-refractivity contribution is 7.18. The molecule has 3 fully saturated rings. The Bertz CT molecular complexity index is 1200. The van der Waals surface area contributed by atoms with Crippen LogP contribution in [0.25, 0.3) is 0 Å². The zero-order chi connectivity index (χ0) is 26.8. The molecule has 1 aromatic heterocycles. The van der Waals surface area contributed by atoms with Crippen LogP contribution in [0.1, 0.15) is 47.3 Å². The molecule has 3 aliphatic rings. The summed E-state index contributed by atoms with van der Waals surface area (Å²) in [5.41, 5.74) is -0.0224. The molecule has 2 N–H and O–H groups in total. The average Bonchev–Trinajstić information content (AvgIpc) is 3.82. The molecule has 5 rings (SSSR count). The molecule has 0 bridgehead atoms. The van der Waals surface area contributed by atoms with Gasteiger partial charge < -0.3 is 20.3 Å². The number of carbonyl (C=O) groups excluding carboxylic acids is 3. The number of rotatable bonds is 11. The summed E-state index contributed by atoms with van der Waals surface area (Å²) in [4.78, 5) is 42.4. The minimum absolute atomic E-state index is 0.0749. The number of nitrogens with zero attached hydrogens (tertiary/aromatic N) is 2. The molecule has 38 heavy (non-hydrogen) atoms. The molecule has 3 amide bonds. The van der Waals surface area contributed by atoms with Gasteiger partial charge in [0.2, 0.25) is 5.91 Å². The van der Waals surface area contributed by atoms with E-state index in [-0.39, 0.29) is 61.1 Å². The number of hydrogen-bond acceptors (Lipinski definition) is 6. The van der Waals surface area contributed by atoms with Crippen LogP contribution in [0.4, 0.5) is 20.2 Å². The van der Waals surface area contributed by atoms with Crippen molar-refractivity contribution in [1.82, 2.24) is 10.2 Å². The third kappa shape index (κ3) is 6.51. The fraction of sp³-hybridized carbons (Fsp3) is 0.500. The number of hydrogen-bond donors (Lipinski definition) is 2. The summed E-state index contributed by atoms with van der Waals surface area (Å²) in [5.74, 6) is -0.565. The van der Waals surface area contributed by atoms with Crippen molar-refractivity contribution >= 4 is 52.0 Å². The lowest BCUT2D eigenvalue weighted by Gasteiger charge is -2.31. The Kier molecular flexibility index (Phi) is 8.27. The third-order valence-corrected chi connectivity index (χ3v) is 8.17. The average molecular weight is 567 g/mol. The van der Waals surface area contributed by atoms with Gasteiger partial charge in [-0.1, -0.05) is 11.6 Å². The van der Waals surface area contributed by atoms with Crippen LogP contribution >= 0.6 is 22.9 Å². The largest absolute Gasteiger partial charge is 0.370 e. The molecule has 2 aromatic rings. The second-order valence-corrected chi connectivity index (χ2v) is 11.6. The summed E-state index contributed by atoms with van der Waals surface area (Å²) in [5, 5.41) is 5.65. The standard InChI is InChI=1S/C26H29ClF2N4O4S/c27-22-8-7-21(38-22)26(36)30-12-20(33(17-4-5-17)13-15-1-2-15)25(35)31-16-3-6-19(18(11-16)24(28)29)32-9-10-37-14-23(32)34/h3,6-8,11,15,17,20,24H,1-2,4-5,9-10,12-14H2,(H,30,36)(H,31,35)/t20-/m0/s1. The van der Waals surface area contributed by atoms with Gasteiger partial charge in [0.05, 0.1) is 21.5 Å². The third-order valence-electron chi connectivity index (χ3n) is 6.94. The van der Waals surface area contributed by atoms with E-state index >= 15 is 0 Å². The number of alkyl halides is 2. The molecule has 1 aromatic carbocycles. The van der Waals surface area contributed by atoms with Gasteiger partial charge in [-0.2, -0.15) is 0 Å². The van der Waals surface area contributed by atoms with Crippen LogP contribution in [-0.4, -0.2) is 67.6 Å². The summed E-state index contributed by atoms with van der Waals surface area (Å²) in [6, 6.07) is 7.03. The quantitative estimate of drug-likeness (QED) is 0.423. The fourth-order valence-corrected chi connectivity index (χ4v) is 5.62. The van der Waals surface area contributed by atoms with Gasteiger partial charge in [-0.25, -0.2) is 8.78 Å². The number of ether oxygens (including phenoxy) is 1. The van der Waals surface area contributed by atoms with E-state index in [1.165, 1.54) is 23.1 Å². The molecular formula is C26H29ClF2N4O4S. The van der Waals surface area contributed by atoms with Crippen molar-refractivity contribution in [2.45, 2.75) is 44.2 Å². The minimum Gasteiger partial charge on any atom is -0.370 e. The van der Waals surface area contributed by atoms with Crippen LogP contribution in [0.3, 0.4) is 0 Å². The van der Waals surface area contributed by atoms with Crippen LogP contribution in [0, 0.1) is 5.92 Å². The molecule has 0 radical (unpaired) electrons. The summed E-state index contributed by atoms with van der Waals surface area (Å²) < 4.78 is 33.6. The Balaban J connectivity index is 1.34. The van der Waals surface area contributed by atoms with Crippen molar-refractivity contribution < 1.29 is 27.9 Å². The highest BCUT2D eigenvalue weighted by Gasteiger charge is 2.40. The molecule has 8 nitrogen and oxygen atoms in total. The Morgan fingerprint density at radius 2 is 1.97 bits per heavy atom. The maximum absolute atomic E-state index is 14.0. The molecule has 12 heteroatoms. The molecule has 2 aliphatic carbocycles. The van der Waals surface area contributed by atoms with Crippen LogP contribution < -0.4 is 15.5 Å². The van der Waals surface area contributed by atoms with Crippen molar-refractivity contribution in [2.24, 2.45) is 5.92 Å². The molecule has 2 saturated carbocycles. The number of thiophene rings is 1. The second kappa shape index (κ2) is 11.6. The van der Waals surface area contributed by atoms with Gasteiger partial charge in [0.15, 0.2) is 0 Å². The summed E-state index contributed by atoms with van der Waals surface area (Å²) in [6.45, 7) is 1.11. The number of morpholine rings is 1. The predicted octanol–water partition coefficient (Wildman–Crippen LogP) is 4.31. The first kappa shape index (κ1) is 27.0. The smallest absolute Gasteiger partial charge is 0.265 e. The summed E-state index contributed by atoms with van der Waals surface area (Å²) >= 11 is 7.12. The topological polar surface area (TPSA) is 91.0 Å². The van der Waals surface area contributed by atoms with E-state index in [0.717, 1.165) is 43.6 Å². The number of anilines is 2. The molecular weight excluding hydrogens is 538 g/mol. The van der Waals surface area contributed by atoms with Gasteiger partial charge in [0, 0.05) is 36.9 Å². The Labute approximate surface area is 228 Å². The first-order valence-corrected chi connectivity index (χ1v) is 13.9. The predicted molar refractivity (Wildman–Crippen MR) is 141 cm³/mol. The van der Waals surface area contributed by atoms with Gasteiger partial charge in [-0.05, 0) is 61.9 Å². The first-order chi connectivity index (χ1) is 18.3. The molecule has 0 unspecified atom stereocenters. The van der Waals surface area contributed by atoms with Gasteiger partial charge in [-0.3, -0.25) is 19.3 Å². The van der Waals surface area contributed by atoms with Crippen molar-refractivity contribution in [1.29, 1.82) is 0 Å². The zero-order valence-electron chi connectivity index (χ0n) is 20.6. The van der Waals surface area contributed by atoms with Crippen molar-refractivity contribution in [2.75, 3.05) is 43.1 Å². The molecule has 204 valence electrons. The lowest BCUT2D eigenvalue weighted by molar-refractivity contribution is -0.125. The molecule has 1 aliphatic heterocycles. The highest BCUT2D eigenvalue weighted by Crippen LogP contribution is 2.37. The highest BCUT2D eigenvalue weighted by atomic mass is 35.5. The number of nitrogens with one attached hydrogen (secondary N) is 2. The minimum atomic E-state index is -2.84. The van der Waals surface area contributed by atoms with E-state index in [1.807, 2.05) is 0 Å². The molecule has 1 atom stereocenters. The van der Waals surface area contributed by atoms with Crippen LogP contribution in [0.2, 0.25) is 4.34 Å². The van der Waals surface area contributed by atoms with Gasteiger partial charge in [0.25, 0.3) is 18.2 Å². The fourth-order valence-electron chi connectivity index (χ4n) is 4.66. The number of carbonyl (C=O) groups is 3. The first-order valence-electron chi connectivity index (χ1n) is 12.7. The van der Waals surface area contributed by atoms with Crippen molar-refractivity contribution in [3.63, 3.8) is 0 Å². The second-order valence-electron chi connectivity index (χ2n) is 9.86. The maximum atomic E-state index is 14.0. The van der Waals surface area contributed by atoms with Crippen LogP contribution in [-0.2, 0) is 14.3 Å². The lowest BCUT2D eigenvalue weighted by Crippen LogP contribution is -2.52. The Morgan fingerprint density at radius 3 is 2.61 bits per heavy atom. The maximum Gasteiger partial charge on any atom is 0.265 e. The molecule has 2 heterocycles. The number of amides is 3. The summed E-state index contributed by atoms with van der Waals surface area (Å²) in [7, 11) is 0. The lowest BCUT2D eigenvalue weighted by atomic mass is 10.1. The summed E-state index contributed by atoms with van der Waals surface area (Å²) in [6.07, 6.45) is 1.32. The van der Waals surface area contributed by atoms with Gasteiger partial charge in [0.1, 0.15) is 12.6 Å². The number of halogens is 3. The number of benzene rings is 1. The monoisotopic (exact) mass is 566 g/mol. The van der Waals surface area contributed by atoms with E-state index in [9.17, 15) is 23.2 Å². The van der Waals surface area contributed by atoms with Gasteiger partial charge in [-0.15, -0.1) is 11.3 Å². The van der Waals surface area contributed by atoms with Crippen molar-refractivity contribution in [3.8, 4) is 0 Å². The Hall–Kier alpha value is -2.60. The van der Waals surface area contributed by atoms with E-state index in [1.54, 1.807) is 12.1 Å². The van der Waals surface area contributed by atoms with E-state index in [2.05, 4.69) is 15.5 Å². The van der Waals surface area contributed by atoms with E-state index < -0.39 is 18.4 Å². The molecule has 1 saturated heterocycles. The Morgan fingerprint density at radius 1 is 1.18 bits per heavy atom. The van der Waals surface area contributed by atoms with E-state index in [0.29, 0.717) is 15.1 Å². The van der Waals surface area contributed by atoms with E-state index in [4.69, 9.17) is 16.3 Å². The van der Waals surface area contributed by atoms with Crippen LogP contribution in [0.5, 0.6) is 0 Å². The zero-order valence-corrected chi connectivity index (χ0v) is 22.2. The normalized spacial score (nSPS) is 18.7. The van der Waals surface area contributed by atoms with Crippen molar-refractivity contribution in [3.05, 3.63) is 45.1 Å².